The van der Waals surface area contributed by atoms with Crippen LogP contribution in [-0.4, -0.2) is 5.87 Å². The normalized spacial score (nSPS) is 16.6. The van der Waals surface area contributed by atoms with Crippen LogP contribution in [-0.2, 0) is 0 Å². The van der Waals surface area contributed by atoms with Crippen molar-refractivity contribution in [1.82, 2.24) is 5.73 Å². The first-order chi connectivity index (χ1) is 4.29. The molecule has 0 fully saturated rings. The van der Waals surface area contributed by atoms with Gasteiger partial charge in [-0.15, -0.1) is 5.73 Å². The van der Waals surface area contributed by atoms with E-state index in [1.165, 1.54) is 18.4 Å². The first kappa shape index (κ1) is 5.86. The molecule has 0 saturated carbocycles. The van der Waals surface area contributed by atoms with Crippen LogP contribution in [0.4, 0.5) is 0 Å². The van der Waals surface area contributed by atoms with Crippen molar-refractivity contribution in [2.45, 2.75) is 0 Å². The van der Waals surface area contributed by atoms with E-state index in [0.717, 1.165) is 0 Å². The van der Waals surface area contributed by atoms with Gasteiger partial charge in [0.1, 0.15) is 0 Å². The molecule has 1 heterocycles. The second kappa shape index (κ2) is 2.33. The van der Waals surface area contributed by atoms with Crippen LogP contribution in [0, 0.1) is 6.92 Å². The first-order valence-corrected chi connectivity index (χ1v) is 2.50. The van der Waals surface area contributed by atoms with Crippen molar-refractivity contribution in [2.24, 2.45) is 4.99 Å². The summed E-state index contributed by atoms with van der Waals surface area (Å²) in [6.07, 6.45) is 4.43. The van der Waals surface area contributed by atoms with Crippen LogP contribution >= 0.6 is 0 Å². The van der Waals surface area contributed by atoms with Crippen LogP contribution in [0.15, 0.2) is 34.6 Å². The number of hydrogen-bond donors (Lipinski definition) is 0. The Balaban J connectivity index is 3.00. The summed E-state index contributed by atoms with van der Waals surface area (Å²) in [4.78, 5) is 3.66. The van der Waals surface area contributed by atoms with Crippen molar-refractivity contribution in [2.75, 3.05) is 0 Å². The van der Waals surface area contributed by atoms with Gasteiger partial charge in [-0.05, 0) is 24.4 Å². The summed E-state index contributed by atoms with van der Waals surface area (Å²) in [6.45, 7) is 3.58. The molecule has 0 saturated heterocycles. The molecule has 1 aliphatic rings. The molecule has 2 nitrogen and oxygen atoms in total. The maximum atomic E-state index is 8.86. The fraction of sp³-hybridized carbons (Fsp3) is 0. The number of aliphatic imine (C=N–C) groups is 1. The smallest absolute Gasteiger partial charge is 0.0953 e. The predicted octanol–water partition coefficient (Wildman–Crippen LogP) is 0.896. The molecule has 0 atom stereocenters. The first-order valence-electron chi connectivity index (χ1n) is 2.50. The molecule has 0 unspecified atom stereocenters. The van der Waals surface area contributed by atoms with Crippen LogP contribution in [0.1, 0.15) is 0 Å². The van der Waals surface area contributed by atoms with Gasteiger partial charge < -0.3 is 0 Å². The van der Waals surface area contributed by atoms with Gasteiger partial charge in [0, 0.05) is 12.3 Å². The molecule has 2 heteroatoms. The van der Waals surface area contributed by atoms with Crippen molar-refractivity contribution in [3.8, 4) is 0 Å². The average Bonchev–Trinajstić information content (AvgIpc) is 1.93. The Morgan fingerprint density at radius 1 is 1.67 bits per heavy atom. The predicted molar refractivity (Wildman–Crippen MR) is 35.7 cm³/mol. The van der Waals surface area contributed by atoms with Gasteiger partial charge in [-0.2, -0.15) is 0 Å². The molecule has 0 bridgehead atoms. The molecule has 1 aliphatic heterocycles. The van der Waals surface area contributed by atoms with E-state index in [9.17, 15) is 0 Å². The number of hydrogen-bond acceptors (Lipinski definition) is 1. The van der Waals surface area contributed by atoms with Gasteiger partial charge in [0.2, 0.25) is 0 Å². The van der Waals surface area contributed by atoms with E-state index in [2.05, 4.69) is 17.8 Å². The highest BCUT2D eigenvalue weighted by molar-refractivity contribution is 5.60. The lowest BCUT2D eigenvalue weighted by Crippen LogP contribution is -1.76. The van der Waals surface area contributed by atoms with E-state index in [1.807, 2.05) is 0 Å². The topological polar surface area (TPSA) is 34.7 Å². The molecule has 3 radical (unpaired) electrons. The summed E-state index contributed by atoms with van der Waals surface area (Å²) in [7, 11) is 0. The summed E-state index contributed by atoms with van der Waals surface area (Å²) >= 11 is 0. The van der Waals surface area contributed by atoms with Crippen LogP contribution < -0.4 is 5.73 Å². The van der Waals surface area contributed by atoms with Gasteiger partial charge in [-0.3, -0.25) is 0 Å². The Labute approximate surface area is 54.1 Å². The lowest BCUT2D eigenvalue weighted by Gasteiger charge is -1.83. The van der Waals surface area contributed by atoms with Crippen LogP contribution in [0.5, 0.6) is 0 Å². The van der Waals surface area contributed by atoms with Gasteiger partial charge in [-0.25, -0.2) is 4.99 Å². The fourth-order valence-electron chi connectivity index (χ4n) is 0.492. The highest BCUT2D eigenvalue weighted by atomic mass is 14.7. The monoisotopic (exact) mass is 117 g/mol. The molecule has 0 aliphatic carbocycles. The van der Waals surface area contributed by atoms with Crippen molar-refractivity contribution >= 4 is 5.87 Å². The molecule has 0 N–H and O–H groups in total. The molecule has 9 heavy (non-hydrogen) atoms. The van der Waals surface area contributed by atoms with E-state index in [-0.39, 0.29) is 5.70 Å². The molecule has 0 amide bonds. The van der Waals surface area contributed by atoms with Crippen LogP contribution in [0.2, 0.25) is 0 Å². The molecule has 0 aromatic carbocycles. The zero-order valence-electron chi connectivity index (χ0n) is 4.83. The Hall–Kier alpha value is -1.27. The Bertz CT molecular complexity index is 227. The standard InChI is InChI=1S/C7H5N2/c1-6-4-7(8)2-3-9-5-6/h2,4-5H,1H2. The molecular weight excluding hydrogens is 112 g/mol. The minimum atomic E-state index is 0.137. The van der Waals surface area contributed by atoms with Crippen molar-refractivity contribution < 1.29 is 0 Å². The molecular formula is C7H5N2. The number of rotatable bonds is 0. The Morgan fingerprint density at radius 3 is 3.22 bits per heavy atom. The lowest BCUT2D eigenvalue weighted by atomic mass is 10.3. The van der Waals surface area contributed by atoms with Gasteiger partial charge in [-0.1, -0.05) is 0 Å². The van der Waals surface area contributed by atoms with Crippen molar-refractivity contribution in [3.05, 3.63) is 36.5 Å². The highest BCUT2D eigenvalue weighted by Gasteiger charge is 1.89. The van der Waals surface area contributed by atoms with Gasteiger partial charge >= 0.3 is 0 Å². The van der Waals surface area contributed by atoms with Crippen LogP contribution in [0.3, 0.4) is 0 Å². The second-order valence-electron chi connectivity index (χ2n) is 1.68. The van der Waals surface area contributed by atoms with E-state index < -0.39 is 0 Å². The molecule has 0 spiro atoms. The lowest BCUT2D eigenvalue weighted by molar-refractivity contribution is 1.36. The van der Waals surface area contributed by atoms with Gasteiger partial charge in [0.25, 0.3) is 0 Å². The van der Waals surface area contributed by atoms with Gasteiger partial charge in [0.15, 0.2) is 0 Å². The van der Waals surface area contributed by atoms with Crippen LogP contribution in [0.25, 0.3) is 0 Å². The maximum absolute atomic E-state index is 8.86. The minimum Gasteiger partial charge on any atom is -0.214 e. The average molecular weight is 117 g/mol. The van der Waals surface area contributed by atoms with E-state index in [1.54, 1.807) is 0 Å². The fourth-order valence-corrected chi connectivity index (χ4v) is 0.492. The quantitative estimate of drug-likeness (QED) is 0.451. The van der Waals surface area contributed by atoms with Crippen molar-refractivity contribution in [1.29, 1.82) is 0 Å². The largest absolute Gasteiger partial charge is 0.214 e. The Kier molecular flexibility index (Phi) is 1.52. The second-order valence-corrected chi connectivity index (χ2v) is 1.68. The number of allylic oxidation sites excluding steroid dienone is 3. The third kappa shape index (κ3) is 1.59. The van der Waals surface area contributed by atoms with Gasteiger partial charge in [0.05, 0.1) is 5.70 Å². The van der Waals surface area contributed by atoms with E-state index in [0.29, 0.717) is 5.57 Å². The van der Waals surface area contributed by atoms with E-state index in [4.69, 9.17) is 5.73 Å². The molecule has 1 rings (SSSR count). The molecule has 0 aromatic heterocycles. The summed E-state index contributed by atoms with van der Waals surface area (Å²) in [5.74, 6) is 2.49. The summed E-state index contributed by atoms with van der Waals surface area (Å²) < 4.78 is 0. The summed E-state index contributed by atoms with van der Waals surface area (Å²) in [5.41, 5.74) is 9.67. The molecule has 43 valence electrons. The van der Waals surface area contributed by atoms with E-state index >= 15 is 0 Å². The van der Waals surface area contributed by atoms with Crippen molar-refractivity contribution in [3.63, 3.8) is 0 Å². The molecule has 0 aromatic rings. The number of nitrogens with zero attached hydrogens (tertiary/aromatic N) is 2. The zero-order chi connectivity index (χ0) is 6.69. The maximum Gasteiger partial charge on any atom is 0.0953 e. The summed E-state index contributed by atoms with van der Waals surface area (Å²) in [5, 5.41) is 0. The Morgan fingerprint density at radius 2 is 2.44 bits per heavy atom. The minimum absolute atomic E-state index is 0.137. The third-order valence-corrected chi connectivity index (χ3v) is 0.851. The summed E-state index contributed by atoms with van der Waals surface area (Å²) in [6, 6.07) is 0. The highest BCUT2D eigenvalue weighted by Crippen LogP contribution is 2.00. The zero-order valence-corrected chi connectivity index (χ0v) is 4.83. The SMILES string of the molecule is [CH2]C1=CN=C=CC([N])=C1. The third-order valence-electron chi connectivity index (χ3n) is 0.851.